The van der Waals surface area contributed by atoms with Crippen molar-refractivity contribution in [2.24, 2.45) is 5.41 Å². The van der Waals surface area contributed by atoms with Gasteiger partial charge in [-0.2, -0.15) is 0 Å². The smallest absolute Gasteiger partial charge is 0.231 e. The van der Waals surface area contributed by atoms with Gasteiger partial charge >= 0.3 is 0 Å². The minimum Gasteiger partial charge on any atom is -0.495 e. The van der Waals surface area contributed by atoms with Crippen LogP contribution >= 0.6 is 11.6 Å². The van der Waals surface area contributed by atoms with Crippen LogP contribution in [-0.4, -0.2) is 24.5 Å². The van der Waals surface area contributed by atoms with Crippen LogP contribution in [0.1, 0.15) is 52.9 Å². The number of carbonyl (C=O) groups is 2. The van der Waals surface area contributed by atoms with Crippen molar-refractivity contribution in [2.75, 3.05) is 12.4 Å². The van der Waals surface area contributed by atoms with Gasteiger partial charge in [-0.25, -0.2) is 0 Å². The minimum atomic E-state index is -0.651. The van der Waals surface area contributed by atoms with E-state index in [9.17, 15) is 9.59 Å². The molecule has 1 aromatic carbocycles. The van der Waals surface area contributed by atoms with Gasteiger partial charge in [0.2, 0.25) is 11.8 Å². The fourth-order valence-electron chi connectivity index (χ4n) is 3.31. The van der Waals surface area contributed by atoms with Crippen molar-refractivity contribution in [3.8, 4) is 5.75 Å². The lowest BCUT2D eigenvalue weighted by atomic mass is 9.81. The summed E-state index contributed by atoms with van der Waals surface area (Å²) in [6.07, 6.45) is 3.57. The van der Waals surface area contributed by atoms with Gasteiger partial charge < -0.3 is 15.4 Å². The van der Waals surface area contributed by atoms with Crippen molar-refractivity contribution in [2.45, 2.75) is 58.4 Å². The molecule has 0 saturated heterocycles. The van der Waals surface area contributed by atoms with Crippen molar-refractivity contribution in [1.29, 1.82) is 0 Å². The second kappa shape index (κ2) is 7.65. The number of nitrogens with one attached hydrogen (secondary N) is 2. The SMILES string of the molecule is COc1ccc(NC(=O)C2(CC(=O)NC(C)(C)C)CCCC2)cc1Cl. The van der Waals surface area contributed by atoms with E-state index in [1.54, 1.807) is 25.3 Å². The maximum atomic E-state index is 12.9. The first kappa shape index (κ1) is 19.6. The Labute approximate surface area is 154 Å². The topological polar surface area (TPSA) is 67.4 Å². The zero-order valence-electron chi connectivity index (χ0n) is 15.4. The van der Waals surface area contributed by atoms with Gasteiger partial charge in [-0.05, 0) is 51.8 Å². The van der Waals surface area contributed by atoms with Crippen molar-refractivity contribution in [3.63, 3.8) is 0 Å². The summed E-state index contributed by atoms with van der Waals surface area (Å²) >= 11 is 6.12. The van der Waals surface area contributed by atoms with Crippen molar-refractivity contribution in [1.82, 2.24) is 5.32 Å². The number of benzene rings is 1. The molecule has 5 nitrogen and oxygen atoms in total. The van der Waals surface area contributed by atoms with E-state index in [1.807, 2.05) is 20.8 Å². The van der Waals surface area contributed by atoms with E-state index >= 15 is 0 Å². The summed E-state index contributed by atoms with van der Waals surface area (Å²) in [7, 11) is 1.54. The number of anilines is 1. The van der Waals surface area contributed by atoms with Crippen LogP contribution in [0, 0.1) is 5.41 Å². The highest BCUT2D eigenvalue weighted by Gasteiger charge is 2.43. The Balaban J connectivity index is 2.12. The third kappa shape index (κ3) is 5.11. The lowest BCUT2D eigenvalue weighted by Gasteiger charge is -2.29. The number of carbonyl (C=O) groups excluding carboxylic acids is 2. The highest BCUT2D eigenvalue weighted by molar-refractivity contribution is 6.32. The monoisotopic (exact) mass is 366 g/mol. The summed E-state index contributed by atoms with van der Waals surface area (Å²) in [6, 6.07) is 5.13. The first-order valence-corrected chi connectivity index (χ1v) is 8.99. The van der Waals surface area contributed by atoms with Crippen LogP contribution in [0.2, 0.25) is 5.02 Å². The summed E-state index contributed by atoms with van der Waals surface area (Å²) in [5.74, 6) is 0.354. The molecule has 25 heavy (non-hydrogen) atoms. The summed E-state index contributed by atoms with van der Waals surface area (Å²) < 4.78 is 5.13. The number of ether oxygens (including phenoxy) is 1. The number of hydrogen-bond acceptors (Lipinski definition) is 3. The Morgan fingerprint density at radius 1 is 1.24 bits per heavy atom. The number of methoxy groups -OCH3 is 1. The Morgan fingerprint density at radius 3 is 2.40 bits per heavy atom. The van der Waals surface area contributed by atoms with E-state index in [-0.39, 0.29) is 23.8 Å². The van der Waals surface area contributed by atoms with Gasteiger partial charge in [-0.3, -0.25) is 9.59 Å². The molecular weight excluding hydrogens is 340 g/mol. The van der Waals surface area contributed by atoms with Crippen LogP contribution in [-0.2, 0) is 9.59 Å². The molecule has 138 valence electrons. The molecule has 0 aromatic heterocycles. The van der Waals surface area contributed by atoms with E-state index in [0.29, 0.717) is 16.5 Å². The van der Waals surface area contributed by atoms with E-state index < -0.39 is 5.41 Å². The summed E-state index contributed by atoms with van der Waals surface area (Å²) in [4.78, 5) is 25.3. The van der Waals surface area contributed by atoms with E-state index in [2.05, 4.69) is 10.6 Å². The third-order valence-electron chi connectivity index (χ3n) is 4.47. The van der Waals surface area contributed by atoms with Gasteiger partial charge in [0.15, 0.2) is 0 Å². The molecule has 2 N–H and O–H groups in total. The molecule has 0 bridgehead atoms. The number of amides is 2. The van der Waals surface area contributed by atoms with Gasteiger partial charge in [0, 0.05) is 17.6 Å². The summed E-state index contributed by atoms with van der Waals surface area (Å²) in [5, 5.41) is 6.32. The fraction of sp³-hybridized carbons (Fsp3) is 0.579. The minimum absolute atomic E-state index is 0.0858. The molecule has 1 aliphatic carbocycles. The quantitative estimate of drug-likeness (QED) is 0.822. The Morgan fingerprint density at radius 2 is 1.88 bits per heavy atom. The van der Waals surface area contributed by atoms with Crippen LogP contribution in [0.15, 0.2) is 18.2 Å². The standard InChI is InChI=1S/C19H27ClN2O3/c1-18(2,3)22-16(23)12-19(9-5-6-10-19)17(24)21-13-7-8-15(25-4)14(20)11-13/h7-8,11H,5-6,9-10,12H2,1-4H3,(H,21,24)(H,22,23). The third-order valence-corrected chi connectivity index (χ3v) is 4.76. The van der Waals surface area contributed by atoms with Gasteiger partial charge in [0.25, 0.3) is 0 Å². The van der Waals surface area contributed by atoms with E-state index in [1.165, 1.54) is 0 Å². The molecule has 0 radical (unpaired) electrons. The normalized spacial score (nSPS) is 16.4. The van der Waals surface area contributed by atoms with Crippen LogP contribution < -0.4 is 15.4 Å². The molecule has 1 aliphatic rings. The number of hydrogen-bond donors (Lipinski definition) is 2. The molecule has 1 saturated carbocycles. The van der Waals surface area contributed by atoms with Crippen LogP contribution in [0.4, 0.5) is 5.69 Å². The number of halogens is 1. The molecule has 6 heteroatoms. The maximum Gasteiger partial charge on any atom is 0.231 e. The van der Waals surface area contributed by atoms with Crippen LogP contribution in [0.3, 0.4) is 0 Å². The van der Waals surface area contributed by atoms with Crippen molar-refractivity contribution < 1.29 is 14.3 Å². The first-order chi connectivity index (χ1) is 11.6. The van der Waals surface area contributed by atoms with Gasteiger partial charge in [0.1, 0.15) is 5.75 Å². The molecule has 0 unspecified atom stereocenters. The van der Waals surface area contributed by atoms with Gasteiger partial charge in [-0.15, -0.1) is 0 Å². The lowest BCUT2D eigenvalue weighted by molar-refractivity contribution is -0.133. The molecule has 2 amide bonds. The molecule has 0 spiro atoms. The molecule has 0 atom stereocenters. The van der Waals surface area contributed by atoms with E-state index in [0.717, 1.165) is 25.7 Å². The predicted molar refractivity (Wildman–Crippen MR) is 100 cm³/mol. The second-order valence-corrected chi connectivity index (χ2v) is 8.17. The Bertz CT molecular complexity index is 647. The molecule has 1 fully saturated rings. The molecule has 2 rings (SSSR count). The highest BCUT2D eigenvalue weighted by Crippen LogP contribution is 2.42. The average Bonchev–Trinajstić information content (AvgIpc) is 2.95. The predicted octanol–water partition coefficient (Wildman–Crippen LogP) is 4.15. The van der Waals surface area contributed by atoms with Gasteiger partial charge in [0.05, 0.1) is 17.5 Å². The van der Waals surface area contributed by atoms with Crippen molar-refractivity contribution >= 4 is 29.1 Å². The van der Waals surface area contributed by atoms with E-state index in [4.69, 9.17) is 16.3 Å². The zero-order valence-corrected chi connectivity index (χ0v) is 16.1. The molecule has 0 aliphatic heterocycles. The second-order valence-electron chi connectivity index (χ2n) is 7.77. The lowest BCUT2D eigenvalue weighted by Crippen LogP contribution is -2.45. The zero-order chi connectivity index (χ0) is 18.7. The average molecular weight is 367 g/mol. The highest BCUT2D eigenvalue weighted by atomic mass is 35.5. The first-order valence-electron chi connectivity index (χ1n) is 8.61. The van der Waals surface area contributed by atoms with Crippen LogP contribution in [0.5, 0.6) is 5.75 Å². The number of rotatable bonds is 5. The van der Waals surface area contributed by atoms with Crippen LogP contribution in [0.25, 0.3) is 0 Å². The largest absolute Gasteiger partial charge is 0.495 e. The Kier molecular flexibility index (Phi) is 5.99. The molecule has 1 aromatic rings. The maximum absolute atomic E-state index is 12.9. The fourth-order valence-corrected chi connectivity index (χ4v) is 3.57. The molecular formula is C19H27ClN2O3. The summed E-state index contributed by atoms with van der Waals surface area (Å²) in [6.45, 7) is 5.81. The molecule has 0 heterocycles. The van der Waals surface area contributed by atoms with Crippen molar-refractivity contribution in [3.05, 3.63) is 23.2 Å². The summed E-state index contributed by atoms with van der Waals surface area (Å²) in [5.41, 5.74) is -0.350. The van der Waals surface area contributed by atoms with Gasteiger partial charge in [-0.1, -0.05) is 24.4 Å². The Hall–Kier alpha value is -1.75.